The van der Waals surface area contributed by atoms with E-state index in [0.29, 0.717) is 6.04 Å². The predicted octanol–water partition coefficient (Wildman–Crippen LogP) is 0.462. The average Bonchev–Trinajstić information content (AvgIpc) is 1.90. The zero-order valence-electron chi connectivity index (χ0n) is 6.06. The summed E-state index contributed by atoms with van der Waals surface area (Å²) >= 11 is 0. The van der Waals surface area contributed by atoms with Crippen LogP contribution in [-0.2, 0) is 0 Å². The highest BCUT2D eigenvalue weighted by molar-refractivity contribution is 4.74. The van der Waals surface area contributed by atoms with Gasteiger partial charge in [0.15, 0.2) is 0 Å². The molecule has 0 aromatic heterocycles. The standard InChI is InChI=1S/C7H15N2/c1-9(2)7-3-5-8-6-4-7/h7-8H,1,3-6H2,2H3/q-1. The Kier molecular flexibility index (Phi) is 2.49. The Bertz CT molecular complexity index is 75.0. The summed E-state index contributed by atoms with van der Waals surface area (Å²) in [5.41, 5.74) is 0. The summed E-state index contributed by atoms with van der Waals surface area (Å²) in [6.07, 6.45) is 2.50. The van der Waals surface area contributed by atoms with E-state index in [1.807, 2.05) is 0 Å². The molecule has 1 heterocycles. The van der Waals surface area contributed by atoms with Crippen LogP contribution in [0.5, 0.6) is 0 Å². The Hall–Kier alpha value is -0.0800. The van der Waals surface area contributed by atoms with Crippen LogP contribution >= 0.6 is 0 Å². The van der Waals surface area contributed by atoms with E-state index in [1.165, 1.54) is 12.8 Å². The van der Waals surface area contributed by atoms with Gasteiger partial charge in [-0.25, -0.2) is 0 Å². The molecule has 1 aliphatic rings. The largest absolute Gasteiger partial charge is 0.459 e. The summed E-state index contributed by atoms with van der Waals surface area (Å²) < 4.78 is 0. The molecule has 0 aliphatic carbocycles. The summed E-state index contributed by atoms with van der Waals surface area (Å²) in [7, 11) is 5.92. The molecule has 0 aromatic rings. The molecule has 1 saturated heterocycles. The molecule has 9 heavy (non-hydrogen) atoms. The third-order valence-electron chi connectivity index (χ3n) is 1.93. The van der Waals surface area contributed by atoms with Crippen molar-refractivity contribution in [3.63, 3.8) is 0 Å². The zero-order chi connectivity index (χ0) is 6.69. The molecule has 1 N–H and O–H groups in total. The highest BCUT2D eigenvalue weighted by atomic mass is 15.1. The fourth-order valence-corrected chi connectivity index (χ4v) is 1.25. The first-order valence-electron chi connectivity index (χ1n) is 3.55. The zero-order valence-corrected chi connectivity index (χ0v) is 6.06. The van der Waals surface area contributed by atoms with E-state index < -0.39 is 0 Å². The highest BCUT2D eigenvalue weighted by Gasteiger charge is 2.10. The van der Waals surface area contributed by atoms with Crippen LogP contribution in [-0.4, -0.2) is 31.1 Å². The van der Waals surface area contributed by atoms with Gasteiger partial charge >= 0.3 is 0 Å². The summed E-state index contributed by atoms with van der Waals surface area (Å²) in [5, 5.41) is 3.32. The molecule has 1 rings (SSSR count). The van der Waals surface area contributed by atoms with Gasteiger partial charge < -0.3 is 10.2 Å². The minimum Gasteiger partial charge on any atom is -0.459 e. The van der Waals surface area contributed by atoms with Gasteiger partial charge in [0.2, 0.25) is 0 Å². The third kappa shape index (κ3) is 1.95. The minimum atomic E-state index is 0.714. The smallest absolute Gasteiger partial charge is 0.00349 e. The van der Waals surface area contributed by atoms with E-state index >= 15 is 0 Å². The lowest BCUT2D eigenvalue weighted by atomic mass is 10.1. The predicted molar refractivity (Wildman–Crippen MR) is 39.0 cm³/mol. The van der Waals surface area contributed by atoms with Crippen LogP contribution < -0.4 is 5.32 Å². The molecule has 2 nitrogen and oxygen atoms in total. The topological polar surface area (TPSA) is 15.3 Å². The number of piperidine rings is 1. The lowest BCUT2D eigenvalue weighted by molar-refractivity contribution is 0.260. The fourth-order valence-electron chi connectivity index (χ4n) is 1.25. The van der Waals surface area contributed by atoms with Gasteiger partial charge in [-0.15, -0.1) is 0 Å². The Balaban J connectivity index is 2.23. The summed E-state index contributed by atoms with van der Waals surface area (Å²) in [6.45, 7) is 2.31. The third-order valence-corrected chi connectivity index (χ3v) is 1.93. The Morgan fingerprint density at radius 1 is 1.44 bits per heavy atom. The van der Waals surface area contributed by atoms with Crippen LogP contribution in [0.1, 0.15) is 12.8 Å². The first-order valence-corrected chi connectivity index (χ1v) is 3.55. The number of nitrogens with zero attached hydrogens (tertiary/aromatic N) is 1. The minimum absolute atomic E-state index is 0.714. The average molecular weight is 127 g/mol. The van der Waals surface area contributed by atoms with E-state index in [2.05, 4.69) is 24.3 Å². The van der Waals surface area contributed by atoms with Crippen molar-refractivity contribution in [3.8, 4) is 0 Å². The van der Waals surface area contributed by atoms with E-state index in [9.17, 15) is 0 Å². The van der Waals surface area contributed by atoms with Crippen molar-refractivity contribution in [1.82, 2.24) is 10.2 Å². The molecule has 0 aromatic carbocycles. The fraction of sp³-hybridized carbons (Fsp3) is 0.857. The number of hydrogen-bond acceptors (Lipinski definition) is 2. The number of hydrogen-bond donors (Lipinski definition) is 1. The van der Waals surface area contributed by atoms with Crippen molar-refractivity contribution in [1.29, 1.82) is 0 Å². The van der Waals surface area contributed by atoms with E-state index in [1.54, 1.807) is 0 Å². The molecule has 0 unspecified atom stereocenters. The van der Waals surface area contributed by atoms with Crippen LogP contribution in [0, 0.1) is 7.05 Å². The molecular formula is C7H15N2-. The molecule has 0 spiro atoms. The van der Waals surface area contributed by atoms with E-state index in [-0.39, 0.29) is 0 Å². The second kappa shape index (κ2) is 3.18. The van der Waals surface area contributed by atoms with E-state index in [4.69, 9.17) is 0 Å². The van der Waals surface area contributed by atoms with Crippen LogP contribution in [0.4, 0.5) is 0 Å². The molecule has 0 amide bonds. The second-order valence-electron chi connectivity index (χ2n) is 2.74. The molecule has 2 heteroatoms. The molecule has 54 valence electrons. The second-order valence-corrected chi connectivity index (χ2v) is 2.74. The maximum absolute atomic E-state index is 3.87. The first-order chi connectivity index (χ1) is 4.30. The quantitative estimate of drug-likeness (QED) is 0.515. The molecule has 0 saturated carbocycles. The molecule has 0 bridgehead atoms. The molecule has 1 aliphatic heterocycles. The summed E-state index contributed by atoms with van der Waals surface area (Å²) in [6, 6.07) is 0.714. The monoisotopic (exact) mass is 127 g/mol. The number of nitrogens with one attached hydrogen (secondary N) is 1. The maximum Gasteiger partial charge on any atom is -0.00349 e. The maximum atomic E-state index is 3.87. The lowest BCUT2D eigenvalue weighted by Gasteiger charge is -2.34. The number of rotatable bonds is 1. The Labute approximate surface area is 57.2 Å². The SMILES string of the molecule is [CH2-]N(C)C1CCNCC1. The Morgan fingerprint density at radius 3 is 2.33 bits per heavy atom. The first kappa shape index (κ1) is 7.03. The lowest BCUT2D eigenvalue weighted by Crippen LogP contribution is -2.38. The van der Waals surface area contributed by atoms with Crippen molar-refractivity contribution in [2.45, 2.75) is 18.9 Å². The normalized spacial score (nSPS) is 23.0. The van der Waals surface area contributed by atoms with Gasteiger partial charge in [0, 0.05) is 0 Å². The molecular weight excluding hydrogens is 112 g/mol. The Morgan fingerprint density at radius 2 is 2.00 bits per heavy atom. The van der Waals surface area contributed by atoms with Crippen LogP contribution in [0.3, 0.4) is 0 Å². The van der Waals surface area contributed by atoms with Gasteiger partial charge in [-0.05, 0) is 39.0 Å². The van der Waals surface area contributed by atoms with E-state index in [0.717, 1.165) is 13.1 Å². The van der Waals surface area contributed by atoms with Crippen molar-refractivity contribution in [3.05, 3.63) is 7.05 Å². The van der Waals surface area contributed by atoms with Crippen LogP contribution in [0.25, 0.3) is 0 Å². The van der Waals surface area contributed by atoms with Crippen molar-refractivity contribution >= 4 is 0 Å². The van der Waals surface area contributed by atoms with Gasteiger partial charge in [0.25, 0.3) is 0 Å². The van der Waals surface area contributed by atoms with Gasteiger partial charge in [-0.3, -0.25) is 7.05 Å². The van der Waals surface area contributed by atoms with Gasteiger partial charge in [-0.1, -0.05) is 0 Å². The van der Waals surface area contributed by atoms with Crippen molar-refractivity contribution < 1.29 is 0 Å². The molecule has 0 atom stereocenters. The van der Waals surface area contributed by atoms with Gasteiger partial charge in [0.05, 0.1) is 0 Å². The van der Waals surface area contributed by atoms with Crippen molar-refractivity contribution in [2.24, 2.45) is 0 Å². The molecule has 0 radical (unpaired) electrons. The van der Waals surface area contributed by atoms with Gasteiger partial charge in [-0.2, -0.15) is 0 Å². The highest BCUT2D eigenvalue weighted by Crippen LogP contribution is 2.07. The van der Waals surface area contributed by atoms with Crippen molar-refractivity contribution in [2.75, 3.05) is 20.1 Å². The van der Waals surface area contributed by atoms with Crippen LogP contribution in [0.15, 0.2) is 0 Å². The van der Waals surface area contributed by atoms with Crippen LogP contribution in [0.2, 0.25) is 0 Å². The summed E-state index contributed by atoms with van der Waals surface area (Å²) in [4.78, 5) is 2.07. The van der Waals surface area contributed by atoms with Gasteiger partial charge in [0.1, 0.15) is 0 Å². The summed E-state index contributed by atoms with van der Waals surface area (Å²) in [5.74, 6) is 0. The molecule has 1 fully saturated rings.